The molecule has 1 atom stereocenters. The summed E-state index contributed by atoms with van der Waals surface area (Å²) in [7, 11) is 0. The number of ether oxygens (including phenoxy) is 1. The first-order valence-corrected chi connectivity index (χ1v) is 11.7. The summed E-state index contributed by atoms with van der Waals surface area (Å²) in [5.41, 5.74) is 1.35. The van der Waals surface area contributed by atoms with E-state index in [1.54, 1.807) is 29.2 Å². The smallest absolute Gasteiger partial charge is 0.295 e. The molecule has 0 saturated carbocycles. The molecule has 1 heterocycles. The van der Waals surface area contributed by atoms with Gasteiger partial charge in [-0.25, -0.2) is 0 Å². The molecule has 1 fully saturated rings. The number of hydrogen-bond acceptors (Lipinski definition) is 5. The molecule has 1 aliphatic rings. The molecule has 3 rings (SSSR count). The predicted molar refractivity (Wildman–Crippen MR) is 129 cm³/mol. The van der Waals surface area contributed by atoms with Crippen LogP contribution in [-0.2, 0) is 9.59 Å². The Bertz CT molecular complexity index is 999. The molecule has 170 valence electrons. The molecule has 0 spiro atoms. The minimum Gasteiger partial charge on any atom is -0.507 e. The number of carbonyl (C=O) groups is 2. The van der Waals surface area contributed by atoms with E-state index in [1.165, 1.54) is 0 Å². The van der Waals surface area contributed by atoms with Gasteiger partial charge in [-0.3, -0.25) is 9.59 Å². The molecule has 32 heavy (non-hydrogen) atoms. The maximum atomic E-state index is 13.1. The summed E-state index contributed by atoms with van der Waals surface area (Å²) >= 11 is 3.48. The van der Waals surface area contributed by atoms with Gasteiger partial charge in [0.1, 0.15) is 11.5 Å². The van der Waals surface area contributed by atoms with Crippen LogP contribution in [0.1, 0.15) is 37.9 Å². The molecule has 7 heteroatoms. The van der Waals surface area contributed by atoms with Gasteiger partial charge < -0.3 is 19.6 Å². The lowest BCUT2D eigenvalue weighted by Gasteiger charge is -2.28. The van der Waals surface area contributed by atoms with E-state index in [0.717, 1.165) is 23.1 Å². The number of amides is 1. The second-order valence-corrected chi connectivity index (χ2v) is 8.45. The molecule has 0 aromatic heterocycles. The Morgan fingerprint density at radius 2 is 1.78 bits per heavy atom. The van der Waals surface area contributed by atoms with Crippen molar-refractivity contribution in [1.82, 2.24) is 9.80 Å². The first kappa shape index (κ1) is 24.0. The van der Waals surface area contributed by atoms with Crippen LogP contribution in [0.2, 0.25) is 0 Å². The first-order chi connectivity index (χ1) is 15.4. The number of carbonyl (C=O) groups excluding carboxylic acids is 2. The lowest BCUT2D eigenvalue weighted by molar-refractivity contribution is -0.140. The SMILES string of the molecule is CCOc1ccc(C(O)=C2C(=O)C(=O)N(CCN(CC)CC)C2c2cccc(Br)c2)cc1. The van der Waals surface area contributed by atoms with E-state index in [2.05, 4.69) is 34.7 Å². The van der Waals surface area contributed by atoms with Gasteiger partial charge in [0, 0.05) is 23.1 Å². The Kier molecular flexibility index (Phi) is 8.10. The van der Waals surface area contributed by atoms with Crippen LogP contribution in [0.3, 0.4) is 0 Å². The molecule has 1 aliphatic heterocycles. The van der Waals surface area contributed by atoms with Crippen LogP contribution in [0.5, 0.6) is 5.75 Å². The van der Waals surface area contributed by atoms with E-state index < -0.39 is 17.7 Å². The number of likely N-dealkylation sites (tertiary alicyclic amines) is 1. The topological polar surface area (TPSA) is 70.1 Å². The summed E-state index contributed by atoms with van der Waals surface area (Å²) in [6, 6.07) is 13.7. The van der Waals surface area contributed by atoms with Crippen molar-refractivity contribution in [3.8, 4) is 5.75 Å². The van der Waals surface area contributed by atoms with Gasteiger partial charge in [-0.15, -0.1) is 0 Å². The molecule has 1 unspecified atom stereocenters. The number of likely N-dealkylation sites (N-methyl/N-ethyl adjacent to an activating group) is 1. The monoisotopic (exact) mass is 500 g/mol. The fourth-order valence-corrected chi connectivity index (χ4v) is 4.37. The first-order valence-electron chi connectivity index (χ1n) is 10.9. The third-order valence-electron chi connectivity index (χ3n) is 5.69. The van der Waals surface area contributed by atoms with Crippen molar-refractivity contribution in [2.24, 2.45) is 0 Å². The minimum absolute atomic E-state index is 0.108. The number of nitrogens with zero attached hydrogens (tertiary/aromatic N) is 2. The van der Waals surface area contributed by atoms with Crippen molar-refractivity contribution in [3.05, 3.63) is 69.7 Å². The number of aliphatic hydroxyl groups is 1. The van der Waals surface area contributed by atoms with Crippen LogP contribution >= 0.6 is 15.9 Å². The van der Waals surface area contributed by atoms with Gasteiger partial charge >= 0.3 is 0 Å². The Morgan fingerprint density at radius 1 is 1.09 bits per heavy atom. The molecule has 2 aromatic carbocycles. The highest BCUT2D eigenvalue weighted by molar-refractivity contribution is 9.10. The van der Waals surface area contributed by atoms with E-state index in [0.29, 0.717) is 31.0 Å². The van der Waals surface area contributed by atoms with E-state index in [4.69, 9.17) is 4.74 Å². The molecule has 0 aliphatic carbocycles. The Hall–Kier alpha value is -2.64. The van der Waals surface area contributed by atoms with E-state index in [-0.39, 0.29) is 11.3 Å². The van der Waals surface area contributed by atoms with E-state index in [1.807, 2.05) is 31.2 Å². The number of rotatable bonds is 9. The molecule has 6 nitrogen and oxygen atoms in total. The molecular formula is C25H29BrN2O4. The lowest BCUT2D eigenvalue weighted by Crippen LogP contribution is -2.38. The van der Waals surface area contributed by atoms with Crippen LogP contribution in [0.15, 0.2) is 58.6 Å². The van der Waals surface area contributed by atoms with Gasteiger partial charge in [0.25, 0.3) is 11.7 Å². The normalized spacial score (nSPS) is 17.9. The van der Waals surface area contributed by atoms with E-state index in [9.17, 15) is 14.7 Å². The maximum absolute atomic E-state index is 13.1. The van der Waals surface area contributed by atoms with Gasteiger partial charge in [-0.05, 0) is 62.0 Å². The summed E-state index contributed by atoms with van der Waals surface area (Å²) in [5, 5.41) is 11.1. The molecule has 1 amide bonds. The maximum Gasteiger partial charge on any atom is 0.295 e. The number of hydrogen-bond donors (Lipinski definition) is 1. The molecule has 2 aromatic rings. The fraction of sp³-hybridized carbons (Fsp3) is 0.360. The summed E-state index contributed by atoms with van der Waals surface area (Å²) in [4.78, 5) is 29.9. The molecule has 1 saturated heterocycles. The number of Topliss-reactive ketones (excluding diaryl/α,β-unsaturated/α-hetero) is 1. The standard InChI is InChI=1S/C25H29BrN2O4/c1-4-27(5-2)14-15-28-22(18-8-7-9-19(26)16-18)21(24(30)25(28)31)23(29)17-10-12-20(13-11-17)32-6-3/h7-13,16,22,29H,4-6,14-15H2,1-3H3. The van der Waals surface area contributed by atoms with E-state index >= 15 is 0 Å². The number of halogens is 1. The van der Waals surface area contributed by atoms with Crippen molar-refractivity contribution in [2.75, 3.05) is 32.8 Å². The lowest BCUT2D eigenvalue weighted by atomic mass is 9.95. The Morgan fingerprint density at radius 3 is 2.38 bits per heavy atom. The third-order valence-corrected chi connectivity index (χ3v) is 6.19. The second kappa shape index (κ2) is 10.8. The molecule has 0 radical (unpaired) electrons. The van der Waals surface area contributed by atoms with Crippen molar-refractivity contribution < 1.29 is 19.4 Å². The van der Waals surface area contributed by atoms with Crippen LogP contribution in [-0.4, -0.2) is 59.4 Å². The summed E-state index contributed by atoms with van der Waals surface area (Å²) < 4.78 is 6.30. The zero-order valence-electron chi connectivity index (χ0n) is 18.7. The highest BCUT2D eigenvalue weighted by atomic mass is 79.9. The Balaban J connectivity index is 2.06. The summed E-state index contributed by atoms with van der Waals surface area (Å²) in [5.74, 6) is -0.760. The zero-order chi connectivity index (χ0) is 23.3. The van der Waals surface area contributed by atoms with Gasteiger partial charge in [0.2, 0.25) is 0 Å². The minimum atomic E-state index is -0.666. The van der Waals surface area contributed by atoms with Crippen LogP contribution in [0.4, 0.5) is 0 Å². The Labute approximate surface area is 197 Å². The van der Waals surface area contributed by atoms with Crippen molar-refractivity contribution >= 4 is 33.4 Å². The van der Waals surface area contributed by atoms with Gasteiger partial charge in [0.15, 0.2) is 0 Å². The molecule has 0 bridgehead atoms. The number of aliphatic hydroxyl groups excluding tert-OH is 1. The van der Waals surface area contributed by atoms with Gasteiger partial charge in [0.05, 0.1) is 18.2 Å². The number of ketones is 1. The van der Waals surface area contributed by atoms with Crippen LogP contribution in [0, 0.1) is 0 Å². The van der Waals surface area contributed by atoms with Crippen molar-refractivity contribution in [2.45, 2.75) is 26.8 Å². The quantitative estimate of drug-likeness (QED) is 0.309. The van der Waals surface area contributed by atoms with Crippen LogP contribution in [0.25, 0.3) is 5.76 Å². The largest absolute Gasteiger partial charge is 0.507 e. The second-order valence-electron chi connectivity index (χ2n) is 7.53. The highest BCUT2D eigenvalue weighted by Crippen LogP contribution is 2.40. The van der Waals surface area contributed by atoms with Crippen molar-refractivity contribution in [3.63, 3.8) is 0 Å². The molecular weight excluding hydrogens is 472 g/mol. The van der Waals surface area contributed by atoms with Gasteiger partial charge in [-0.2, -0.15) is 0 Å². The average molecular weight is 501 g/mol. The van der Waals surface area contributed by atoms with Crippen molar-refractivity contribution in [1.29, 1.82) is 0 Å². The number of benzene rings is 2. The predicted octanol–water partition coefficient (Wildman–Crippen LogP) is 4.61. The summed E-state index contributed by atoms with van der Waals surface area (Å²) in [6.07, 6.45) is 0. The van der Waals surface area contributed by atoms with Crippen LogP contribution < -0.4 is 4.74 Å². The highest BCUT2D eigenvalue weighted by Gasteiger charge is 2.46. The zero-order valence-corrected chi connectivity index (χ0v) is 20.3. The summed E-state index contributed by atoms with van der Waals surface area (Å²) in [6.45, 7) is 9.31. The third kappa shape index (κ3) is 5.05. The average Bonchev–Trinajstić information content (AvgIpc) is 3.05. The molecule has 1 N–H and O–H groups in total. The fourth-order valence-electron chi connectivity index (χ4n) is 3.95. The van der Waals surface area contributed by atoms with Gasteiger partial charge in [-0.1, -0.05) is 41.9 Å².